The van der Waals surface area contributed by atoms with Crippen molar-refractivity contribution in [1.29, 1.82) is 0 Å². The van der Waals surface area contributed by atoms with Gasteiger partial charge in [-0.3, -0.25) is 9.89 Å². The Balaban J connectivity index is 1.81. The topological polar surface area (TPSA) is 61.0 Å². The highest BCUT2D eigenvalue weighted by atomic mass is 16.2. The molecule has 5 heteroatoms. The van der Waals surface area contributed by atoms with E-state index in [1.165, 1.54) is 0 Å². The van der Waals surface area contributed by atoms with Crippen LogP contribution < -0.4 is 5.32 Å². The van der Waals surface area contributed by atoms with Crippen molar-refractivity contribution >= 4 is 5.91 Å². The molecule has 1 aliphatic rings. The first-order valence-corrected chi connectivity index (χ1v) is 6.32. The number of aromatic amines is 1. The van der Waals surface area contributed by atoms with Crippen molar-refractivity contribution < 1.29 is 4.79 Å². The summed E-state index contributed by atoms with van der Waals surface area (Å²) in [4.78, 5) is 13.9. The molecule has 1 aromatic heterocycles. The third kappa shape index (κ3) is 3.06. The van der Waals surface area contributed by atoms with Gasteiger partial charge < -0.3 is 10.2 Å². The monoisotopic (exact) mass is 236 g/mol. The van der Waals surface area contributed by atoms with Gasteiger partial charge in [-0.1, -0.05) is 6.92 Å². The van der Waals surface area contributed by atoms with Gasteiger partial charge in [0.05, 0.1) is 11.8 Å². The summed E-state index contributed by atoms with van der Waals surface area (Å²) in [7, 11) is 0. The van der Waals surface area contributed by atoms with E-state index in [-0.39, 0.29) is 5.91 Å². The number of amides is 1. The minimum Gasteiger partial charge on any atom is -0.338 e. The van der Waals surface area contributed by atoms with E-state index in [1.807, 2.05) is 4.90 Å². The minimum atomic E-state index is 0.0905. The summed E-state index contributed by atoms with van der Waals surface area (Å²) in [5.74, 6) is 0.0905. The molecular weight excluding hydrogens is 216 g/mol. The van der Waals surface area contributed by atoms with Crippen LogP contribution >= 0.6 is 0 Å². The van der Waals surface area contributed by atoms with Gasteiger partial charge in [-0.15, -0.1) is 0 Å². The Hall–Kier alpha value is -1.36. The van der Waals surface area contributed by atoms with E-state index in [0.29, 0.717) is 11.6 Å². The van der Waals surface area contributed by atoms with E-state index in [0.717, 1.165) is 38.9 Å². The van der Waals surface area contributed by atoms with Crippen LogP contribution in [0.2, 0.25) is 0 Å². The standard InChI is InChI=1S/C12H20N4O/c1-2-5-13-11-3-6-16(7-4-11)12(17)10-8-14-15-9-10/h8-9,11,13H,2-7H2,1H3,(H,14,15). The number of carbonyl (C=O) groups is 1. The van der Waals surface area contributed by atoms with Gasteiger partial charge in [0, 0.05) is 25.3 Å². The van der Waals surface area contributed by atoms with Gasteiger partial charge in [0.1, 0.15) is 0 Å². The number of hydrogen-bond donors (Lipinski definition) is 2. The maximum atomic E-state index is 12.0. The number of hydrogen-bond acceptors (Lipinski definition) is 3. The number of likely N-dealkylation sites (tertiary alicyclic amines) is 1. The number of nitrogens with zero attached hydrogens (tertiary/aromatic N) is 2. The second kappa shape index (κ2) is 5.82. The summed E-state index contributed by atoms with van der Waals surface area (Å²) >= 11 is 0. The van der Waals surface area contributed by atoms with Crippen LogP contribution in [0.5, 0.6) is 0 Å². The first-order valence-electron chi connectivity index (χ1n) is 6.32. The van der Waals surface area contributed by atoms with Crippen LogP contribution in [0, 0.1) is 0 Å². The van der Waals surface area contributed by atoms with Crippen LogP contribution in [0.1, 0.15) is 36.5 Å². The minimum absolute atomic E-state index is 0.0905. The summed E-state index contributed by atoms with van der Waals surface area (Å²) in [6.45, 7) is 4.92. The number of piperidine rings is 1. The van der Waals surface area contributed by atoms with Crippen molar-refractivity contribution in [1.82, 2.24) is 20.4 Å². The lowest BCUT2D eigenvalue weighted by Gasteiger charge is -2.32. The smallest absolute Gasteiger partial charge is 0.257 e. The molecule has 1 saturated heterocycles. The Labute approximate surface area is 102 Å². The average molecular weight is 236 g/mol. The summed E-state index contributed by atoms with van der Waals surface area (Å²) < 4.78 is 0. The lowest BCUT2D eigenvalue weighted by Crippen LogP contribution is -2.45. The average Bonchev–Trinajstić information content (AvgIpc) is 2.90. The third-order valence-electron chi connectivity index (χ3n) is 3.21. The fourth-order valence-corrected chi connectivity index (χ4v) is 2.19. The number of carbonyl (C=O) groups excluding carboxylic acids is 1. The van der Waals surface area contributed by atoms with Gasteiger partial charge in [0.25, 0.3) is 5.91 Å². The summed E-state index contributed by atoms with van der Waals surface area (Å²) in [6.07, 6.45) is 6.49. The summed E-state index contributed by atoms with van der Waals surface area (Å²) in [5, 5.41) is 9.99. The molecule has 2 rings (SSSR count). The first-order chi connectivity index (χ1) is 8.31. The lowest BCUT2D eigenvalue weighted by molar-refractivity contribution is 0.0705. The van der Waals surface area contributed by atoms with Crippen molar-refractivity contribution in [2.24, 2.45) is 0 Å². The largest absolute Gasteiger partial charge is 0.338 e. The molecule has 2 heterocycles. The molecule has 94 valence electrons. The van der Waals surface area contributed by atoms with Crippen LogP contribution in [0.25, 0.3) is 0 Å². The van der Waals surface area contributed by atoms with Crippen molar-refractivity contribution in [3.05, 3.63) is 18.0 Å². The molecule has 5 nitrogen and oxygen atoms in total. The number of nitrogens with one attached hydrogen (secondary N) is 2. The molecule has 1 aromatic rings. The van der Waals surface area contributed by atoms with E-state index < -0.39 is 0 Å². The van der Waals surface area contributed by atoms with Gasteiger partial charge in [0.15, 0.2) is 0 Å². The van der Waals surface area contributed by atoms with Gasteiger partial charge in [-0.2, -0.15) is 5.10 Å². The van der Waals surface area contributed by atoms with Gasteiger partial charge in [-0.25, -0.2) is 0 Å². The third-order valence-corrected chi connectivity index (χ3v) is 3.21. The highest BCUT2D eigenvalue weighted by Crippen LogP contribution is 2.13. The molecule has 0 aromatic carbocycles. The predicted molar refractivity (Wildman–Crippen MR) is 65.8 cm³/mol. The SMILES string of the molecule is CCCNC1CCN(C(=O)c2cn[nH]c2)CC1. The molecule has 0 unspecified atom stereocenters. The number of H-pyrrole nitrogens is 1. The number of rotatable bonds is 4. The molecule has 1 amide bonds. The van der Waals surface area contributed by atoms with Crippen molar-refractivity contribution in [3.63, 3.8) is 0 Å². The molecule has 1 aliphatic heterocycles. The van der Waals surface area contributed by atoms with E-state index in [1.54, 1.807) is 12.4 Å². The van der Waals surface area contributed by atoms with E-state index in [2.05, 4.69) is 22.4 Å². The lowest BCUT2D eigenvalue weighted by atomic mass is 10.0. The Bertz CT molecular complexity index is 341. The molecule has 0 radical (unpaired) electrons. The van der Waals surface area contributed by atoms with E-state index >= 15 is 0 Å². The predicted octanol–water partition coefficient (Wildman–Crippen LogP) is 1.01. The summed E-state index contributed by atoms with van der Waals surface area (Å²) in [5.41, 5.74) is 0.657. The molecule has 2 N–H and O–H groups in total. The Morgan fingerprint density at radius 2 is 2.35 bits per heavy atom. The Morgan fingerprint density at radius 3 is 2.94 bits per heavy atom. The molecule has 0 atom stereocenters. The fourth-order valence-electron chi connectivity index (χ4n) is 2.19. The van der Waals surface area contributed by atoms with Crippen molar-refractivity contribution in [2.45, 2.75) is 32.2 Å². The molecule has 0 bridgehead atoms. The van der Waals surface area contributed by atoms with Gasteiger partial charge in [0.2, 0.25) is 0 Å². The zero-order valence-electron chi connectivity index (χ0n) is 10.3. The van der Waals surface area contributed by atoms with Crippen LogP contribution in [-0.2, 0) is 0 Å². The highest BCUT2D eigenvalue weighted by Gasteiger charge is 2.23. The molecule has 17 heavy (non-hydrogen) atoms. The van der Waals surface area contributed by atoms with E-state index in [4.69, 9.17) is 0 Å². The quantitative estimate of drug-likeness (QED) is 0.820. The Morgan fingerprint density at radius 1 is 1.59 bits per heavy atom. The van der Waals surface area contributed by atoms with Crippen LogP contribution in [0.15, 0.2) is 12.4 Å². The second-order valence-corrected chi connectivity index (χ2v) is 4.51. The van der Waals surface area contributed by atoms with Crippen LogP contribution in [0.4, 0.5) is 0 Å². The zero-order valence-corrected chi connectivity index (χ0v) is 10.3. The molecule has 1 fully saturated rings. The van der Waals surface area contributed by atoms with Crippen molar-refractivity contribution in [3.8, 4) is 0 Å². The summed E-state index contributed by atoms with van der Waals surface area (Å²) in [6, 6.07) is 0.573. The first kappa shape index (κ1) is 12.1. The van der Waals surface area contributed by atoms with Crippen LogP contribution in [0.3, 0.4) is 0 Å². The van der Waals surface area contributed by atoms with E-state index in [9.17, 15) is 4.79 Å². The second-order valence-electron chi connectivity index (χ2n) is 4.51. The van der Waals surface area contributed by atoms with Gasteiger partial charge in [-0.05, 0) is 25.8 Å². The molecule has 0 spiro atoms. The molecular formula is C12H20N4O. The van der Waals surface area contributed by atoms with Crippen molar-refractivity contribution in [2.75, 3.05) is 19.6 Å². The highest BCUT2D eigenvalue weighted by molar-refractivity contribution is 5.93. The van der Waals surface area contributed by atoms with Gasteiger partial charge >= 0.3 is 0 Å². The molecule has 0 aliphatic carbocycles. The van der Waals surface area contributed by atoms with Crippen LogP contribution in [-0.4, -0.2) is 46.7 Å². The molecule has 0 saturated carbocycles. The maximum Gasteiger partial charge on any atom is 0.257 e. The number of aromatic nitrogens is 2. The normalized spacial score (nSPS) is 17.4. The zero-order chi connectivity index (χ0) is 12.1. The fraction of sp³-hybridized carbons (Fsp3) is 0.667. The Kier molecular flexibility index (Phi) is 4.14. The maximum absolute atomic E-state index is 12.0.